The summed E-state index contributed by atoms with van der Waals surface area (Å²) in [5.74, 6) is 1.63. The van der Waals surface area contributed by atoms with E-state index >= 15 is 0 Å². The van der Waals surface area contributed by atoms with Crippen molar-refractivity contribution in [1.82, 2.24) is 15.0 Å². The van der Waals surface area contributed by atoms with Crippen LogP contribution < -0.4 is 4.90 Å². The van der Waals surface area contributed by atoms with E-state index in [0.717, 1.165) is 37.1 Å². The van der Waals surface area contributed by atoms with Gasteiger partial charge >= 0.3 is 0 Å². The molecule has 0 radical (unpaired) electrons. The summed E-state index contributed by atoms with van der Waals surface area (Å²) in [6.45, 7) is 4.16. The SMILES string of the molecule is Cc1cc(CC2CCN(c3ncccn3)CC2)ccn1. The Balaban J connectivity index is 1.56. The van der Waals surface area contributed by atoms with Crippen LogP contribution in [0.4, 0.5) is 5.95 Å². The van der Waals surface area contributed by atoms with Gasteiger partial charge in [-0.2, -0.15) is 0 Å². The lowest BCUT2D eigenvalue weighted by molar-refractivity contribution is 0.400. The van der Waals surface area contributed by atoms with Gasteiger partial charge in [0.05, 0.1) is 0 Å². The molecular weight excluding hydrogens is 248 g/mol. The highest BCUT2D eigenvalue weighted by molar-refractivity contribution is 5.29. The molecule has 104 valence electrons. The molecule has 2 aromatic heterocycles. The zero-order valence-electron chi connectivity index (χ0n) is 11.9. The minimum atomic E-state index is 0.761. The maximum Gasteiger partial charge on any atom is 0.225 e. The fraction of sp³-hybridized carbons (Fsp3) is 0.438. The van der Waals surface area contributed by atoms with Crippen molar-refractivity contribution in [2.75, 3.05) is 18.0 Å². The average Bonchev–Trinajstić information content (AvgIpc) is 2.49. The van der Waals surface area contributed by atoms with Crippen molar-refractivity contribution in [3.8, 4) is 0 Å². The molecule has 1 aliphatic heterocycles. The van der Waals surface area contributed by atoms with Gasteiger partial charge in [0.15, 0.2) is 0 Å². The molecule has 0 spiro atoms. The number of aromatic nitrogens is 3. The standard InChI is InChI=1S/C16H20N4/c1-13-11-15(3-8-17-13)12-14-4-9-20(10-5-14)16-18-6-2-7-19-16/h2-3,6-8,11,14H,4-5,9-10,12H2,1H3. The molecule has 3 heterocycles. The van der Waals surface area contributed by atoms with Gasteiger partial charge in [0.2, 0.25) is 5.95 Å². The summed E-state index contributed by atoms with van der Waals surface area (Å²) in [5, 5.41) is 0. The number of rotatable bonds is 3. The maximum absolute atomic E-state index is 4.33. The Bertz CT molecular complexity index is 547. The summed E-state index contributed by atoms with van der Waals surface area (Å²) >= 11 is 0. The van der Waals surface area contributed by atoms with E-state index < -0.39 is 0 Å². The minimum absolute atomic E-state index is 0.761. The molecule has 0 aromatic carbocycles. The Morgan fingerprint density at radius 1 is 1.10 bits per heavy atom. The number of pyridine rings is 1. The van der Waals surface area contributed by atoms with Crippen LogP contribution in [0.25, 0.3) is 0 Å². The van der Waals surface area contributed by atoms with Crippen LogP contribution in [0.1, 0.15) is 24.1 Å². The predicted octanol–water partition coefficient (Wildman–Crippen LogP) is 2.64. The van der Waals surface area contributed by atoms with Crippen molar-refractivity contribution in [3.63, 3.8) is 0 Å². The summed E-state index contributed by atoms with van der Waals surface area (Å²) in [7, 11) is 0. The van der Waals surface area contributed by atoms with Crippen molar-refractivity contribution in [2.24, 2.45) is 5.92 Å². The average molecular weight is 268 g/mol. The first kappa shape index (κ1) is 13.0. The zero-order valence-corrected chi connectivity index (χ0v) is 11.9. The first-order valence-electron chi connectivity index (χ1n) is 7.25. The number of hydrogen-bond acceptors (Lipinski definition) is 4. The van der Waals surface area contributed by atoms with Crippen LogP contribution in [0, 0.1) is 12.8 Å². The largest absolute Gasteiger partial charge is 0.341 e. The van der Waals surface area contributed by atoms with Gasteiger partial charge in [-0.05, 0) is 55.9 Å². The lowest BCUT2D eigenvalue weighted by atomic mass is 9.90. The Hall–Kier alpha value is -1.97. The predicted molar refractivity (Wildman–Crippen MR) is 79.6 cm³/mol. The molecule has 0 amide bonds. The highest BCUT2D eigenvalue weighted by Gasteiger charge is 2.20. The van der Waals surface area contributed by atoms with Gasteiger partial charge in [0.25, 0.3) is 0 Å². The summed E-state index contributed by atoms with van der Waals surface area (Å²) in [6, 6.07) is 6.20. The van der Waals surface area contributed by atoms with Crippen molar-refractivity contribution < 1.29 is 0 Å². The smallest absolute Gasteiger partial charge is 0.225 e. The number of piperidine rings is 1. The third-order valence-electron chi connectivity index (χ3n) is 3.93. The molecule has 1 fully saturated rings. The van der Waals surface area contributed by atoms with Crippen LogP contribution in [0.5, 0.6) is 0 Å². The molecule has 0 atom stereocenters. The Morgan fingerprint density at radius 3 is 2.55 bits per heavy atom. The molecule has 0 aliphatic carbocycles. The molecule has 4 nitrogen and oxygen atoms in total. The molecule has 0 saturated carbocycles. The summed E-state index contributed by atoms with van der Waals surface area (Å²) in [6.07, 6.45) is 9.12. The minimum Gasteiger partial charge on any atom is -0.341 e. The van der Waals surface area contributed by atoms with E-state index in [2.05, 4.69) is 38.9 Å². The molecular formula is C16H20N4. The Kier molecular flexibility index (Phi) is 3.90. The van der Waals surface area contributed by atoms with E-state index in [0.29, 0.717) is 0 Å². The quantitative estimate of drug-likeness (QED) is 0.858. The summed E-state index contributed by atoms with van der Waals surface area (Å²) in [4.78, 5) is 15.2. The van der Waals surface area contributed by atoms with Crippen LogP contribution in [-0.2, 0) is 6.42 Å². The van der Waals surface area contributed by atoms with Crippen LogP contribution in [0.3, 0.4) is 0 Å². The molecule has 1 aliphatic rings. The fourth-order valence-electron chi connectivity index (χ4n) is 2.86. The normalized spacial score (nSPS) is 16.4. The molecule has 0 unspecified atom stereocenters. The molecule has 1 saturated heterocycles. The second-order valence-corrected chi connectivity index (χ2v) is 5.49. The van der Waals surface area contributed by atoms with Crippen molar-refractivity contribution in [3.05, 3.63) is 48.0 Å². The third-order valence-corrected chi connectivity index (χ3v) is 3.93. The van der Waals surface area contributed by atoms with E-state index in [-0.39, 0.29) is 0 Å². The van der Waals surface area contributed by atoms with Gasteiger partial charge in [-0.15, -0.1) is 0 Å². The van der Waals surface area contributed by atoms with Crippen LogP contribution >= 0.6 is 0 Å². The monoisotopic (exact) mass is 268 g/mol. The van der Waals surface area contributed by atoms with Gasteiger partial charge in [0.1, 0.15) is 0 Å². The number of hydrogen-bond donors (Lipinski definition) is 0. The van der Waals surface area contributed by atoms with Crippen LogP contribution in [0.15, 0.2) is 36.8 Å². The molecule has 0 N–H and O–H groups in total. The van der Waals surface area contributed by atoms with Crippen molar-refractivity contribution in [2.45, 2.75) is 26.2 Å². The summed E-state index contributed by atoms with van der Waals surface area (Å²) in [5.41, 5.74) is 2.52. The lowest BCUT2D eigenvalue weighted by Gasteiger charge is -2.32. The Morgan fingerprint density at radius 2 is 1.85 bits per heavy atom. The van der Waals surface area contributed by atoms with Crippen molar-refractivity contribution >= 4 is 5.95 Å². The first-order chi connectivity index (χ1) is 9.81. The topological polar surface area (TPSA) is 41.9 Å². The van der Waals surface area contributed by atoms with Crippen molar-refractivity contribution in [1.29, 1.82) is 0 Å². The van der Waals surface area contributed by atoms with Gasteiger partial charge in [-0.25, -0.2) is 9.97 Å². The van der Waals surface area contributed by atoms with Gasteiger partial charge in [0, 0.05) is 37.4 Å². The number of aryl methyl sites for hydroxylation is 1. The van der Waals surface area contributed by atoms with Crippen LogP contribution in [0.2, 0.25) is 0 Å². The van der Waals surface area contributed by atoms with Gasteiger partial charge in [-0.3, -0.25) is 4.98 Å². The van der Waals surface area contributed by atoms with Gasteiger partial charge in [-0.1, -0.05) is 0 Å². The maximum atomic E-state index is 4.33. The molecule has 2 aromatic rings. The van der Waals surface area contributed by atoms with E-state index in [1.54, 1.807) is 0 Å². The second-order valence-electron chi connectivity index (χ2n) is 5.49. The molecule has 3 rings (SSSR count). The Labute approximate surface area is 119 Å². The lowest BCUT2D eigenvalue weighted by Crippen LogP contribution is -2.35. The van der Waals surface area contributed by atoms with E-state index in [9.17, 15) is 0 Å². The first-order valence-corrected chi connectivity index (χ1v) is 7.25. The third kappa shape index (κ3) is 3.13. The molecule has 0 bridgehead atoms. The van der Waals surface area contributed by atoms with E-state index in [4.69, 9.17) is 0 Å². The molecule has 4 heteroatoms. The van der Waals surface area contributed by atoms with Gasteiger partial charge < -0.3 is 4.90 Å². The molecule has 20 heavy (non-hydrogen) atoms. The zero-order chi connectivity index (χ0) is 13.8. The van der Waals surface area contributed by atoms with E-state index in [1.807, 2.05) is 24.7 Å². The number of anilines is 1. The van der Waals surface area contributed by atoms with E-state index in [1.165, 1.54) is 18.4 Å². The highest BCUT2D eigenvalue weighted by atomic mass is 15.2. The second kappa shape index (κ2) is 5.99. The fourth-order valence-corrected chi connectivity index (χ4v) is 2.86. The highest BCUT2D eigenvalue weighted by Crippen LogP contribution is 2.23. The number of nitrogens with zero attached hydrogens (tertiary/aromatic N) is 4. The summed E-state index contributed by atoms with van der Waals surface area (Å²) < 4.78 is 0. The van der Waals surface area contributed by atoms with Crippen LogP contribution in [-0.4, -0.2) is 28.0 Å².